The summed E-state index contributed by atoms with van der Waals surface area (Å²) in [7, 11) is 0. The summed E-state index contributed by atoms with van der Waals surface area (Å²) in [5.41, 5.74) is 1.01. The van der Waals surface area contributed by atoms with Crippen LogP contribution in [0.3, 0.4) is 0 Å². The number of hydrogen-bond donors (Lipinski definition) is 0. The van der Waals surface area contributed by atoms with E-state index in [9.17, 15) is 14.4 Å². The van der Waals surface area contributed by atoms with E-state index in [2.05, 4.69) is 13.8 Å². The van der Waals surface area contributed by atoms with Gasteiger partial charge >= 0.3 is 0 Å². The molecular formula is C24H27NO5. The zero-order chi connectivity index (χ0) is 21.5. The van der Waals surface area contributed by atoms with E-state index in [0.717, 1.165) is 30.6 Å². The van der Waals surface area contributed by atoms with Crippen molar-refractivity contribution in [2.75, 3.05) is 19.8 Å². The first-order chi connectivity index (χ1) is 14.5. The van der Waals surface area contributed by atoms with Gasteiger partial charge in [0.15, 0.2) is 5.78 Å². The number of ketones is 1. The predicted octanol–water partition coefficient (Wildman–Crippen LogP) is 4.52. The van der Waals surface area contributed by atoms with Gasteiger partial charge in [0.25, 0.3) is 11.8 Å². The van der Waals surface area contributed by atoms with Crippen molar-refractivity contribution < 1.29 is 23.9 Å². The third-order valence-corrected chi connectivity index (χ3v) is 4.92. The lowest BCUT2D eigenvalue weighted by Gasteiger charge is -2.15. The second kappa shape index (κ2) is 10.1. The minimum Gasteiger partial charge on any atom is -0.493 e. The Morgan fingerprint density at radius 1 is 0.833 bits per heavy atom. The molecule has 6 heteroatoms. The third kappa shape index (κ3) is 4.87. The lowest BCUT2D eigenvalue weighted by Crippen LogP contribution is -2.34. The van der Waals surface area contributed by atoms with Gasteiger partial charge in [-0.3, -0.25) is 19.3 Å². The van der Waals surface area contributed by atoms with E-state index in [-0.39, 0.29) is 12.3 Å². The number of imide groups is 1. The standard InChI is InChI=1S/C24H27NO5/c1-3-5-11-29-18-13-17(14-19(15-18)30-12-6-4-2)22(26)16-25-23(27)20-9-7-8-10-21(20)24(25)28/h7-10,13-15H,3-6,11-12,16H2,1-2H3. The normalized spacial score (nSPS) is 12.8. The predicted molar refractivity (Wildman–Crippen MR) is 113 cm³/mol. The Bertz CT molecular complexity index is 874. The summed E-state index contributed by atoms with van der Waals surface area (Å²) >= 11 is 0. The van der Waals surface area contributed by atoms with Crippen molar-refractivity contribution in [3.05, 3.63) is 59.2 Å². The zero-order valence-corrected chi connectivity index (χ0v) is 17.5. The van der Waals surface area contributed by atoms with Gasteiger partial charge in [0.1, 0.15) is 11.5 Å². The van der Waals surface area contributed by atoms with Crippen molar-refractivity contribution in [1.82, 2.24) is 4.90 Å². The van der Waals surface area contributed by atoms with Gasteiger partial charge in [0.2, 0.25) is 0 Å². The van der Waals surface area contributed by atoms with E-state index in [4.69, 9.17) is 9.47 Å². The molecule has 0 spiro atoms. The third-order valence-electron chi connectivity index (χ3n) is 4.92. The van der Waals surface area contributed by atoms with E-state index in [1.165, 1.54) is 0 Å². The quantitative estimate of drug-likeness (QED) is 0.310. The molecule has 1 aliphatic heterocycles. The molecule has 0 unspecified atom stereocenters. The van der Waals surface area contributed by atoms with E-state index in [0.29, 0.717) is 41.4 Å². The van der Waals surface area contributed by atoms with Crippen LogP contribution >= 0.6 is 0 Å². The molecule has 2 aromatic rings. The van der Waals surface area contributed by atoms with Crippen LogP contribution in [0.1, 0.15) is 70.6 Å². The number of carbonyl (C=O) groups is 3. The van der Waals surface area contributed by atoms with Crippen molar-refractivity contribution in [2.45, 2.75) is 39.5 Å². The largest absolute Gasteiger partial charge is 0.493 e. The fourth-order valence-electron chi connectivity index (χ4n) is 3.19. The Kier molecular flexibility index (Phi) is 7.22. The van der Waals surface area contributed by atoms with E-state index < -0.39 is 11.8 Å². The fourth-order valence-corrected chi connectivity index (χ4v) is 3.19. The minimum absolute atomic E-state index is 0.320. The SMILES string of the molecule is CCCCOc1cc(OCCCC)cc(C(=O)CN2C(=O)c3ccccc3C2=O)c1. The summed E-state index contributed by atoms with van der Waals surface area (Å²) < 4.78 is 11.5. The molecule has 1 aliphatic rings. The number of benzene rings is 2. The van der Waals surface area contributed by atoms with Gasteiger partial charge in [0.05, 0.1) is 30.9 Å². The molecule has 0 radical (unpaired) electrons. The monoisotopic (exact) mass is 409 g/mol. The summed E-state index contributed by atoms with van der Waals surface area (Å²) in [5.74, 6) is -0.144. The molecule has 0 saturated heterocycles. The van der Waals surface area contributed by atoms with Crippen LogP contribution < -0.4 is 9.47 Å². The number of amides is 2. The molecule has 6 nitrogen and oxygen atoms in total. The molecule has 3 rings (SSSR count). The highest BCUT2D eigenvalue weighted by Gasteiger charge is 2.36. The molecule has 0 aliphatic carbocycles. The van der Waals surface area contributed by atoms with Crippen LogP contribution in [0.15, 0.2) is 42.5 Å². The highest BCUT2D eigenvalue weighted by atomic mass is 16.5. The number of ether oxygens (including phenoxy) is 2. The van der Waals surface area contributed by atoms with Gasteiger partial charge in [-0.15, -0.1) is 0 Å². The number of nitrogens with zero attached hydrogens (tertiary/aromatic N) is 1. The molecular weight excluding hydrogens is 382 g/mol. The van der Waals surface area contributed by atoms with Gasteiger partial charge in [-0.05, 0) is 37.1 Å². The Balaban J connectivity index is 1.78. The zero-order valence-electron chi connectivity index (χ0n) is 17.5. The van der Waals surface area contributed by atoms with Gasteiger partial charge in [-0.25, -0.2) is 0 Å². The summed E-state index contributed by atoms with van der Waals surface area (Å²) in [6.07, 6.45) is 3.80. The van der Waals surface area contributed by atoms with Gasteiger partial charge in [-0.2, -0.15) is 0 Å². The number of Topliss-reactive ketones (excluding diaryl/α,β-unsaturated/α-hetero) is 1. The number of hydrogen-bond acceptors (Lipinski definition) is 5. The molecule has 0 aromatic heterocycles. The van der Waals surface area contributed by atoms with Crippen LogP contribution in [0.5, 0.6) is 11.5 Å². The molecule has 2 aromatic carbocycles. The van der Waals surface area contributed by atoms with E-state index in [1.54, 1.807) is 42.5 Å². The van der Waals surface area contributed by atoms with Gasteiger partial charge in [0, 0.05) is 11.6 Å². The Hall–Kier alpha value is -3.15. The molecule has 158 valence electrons. The van der Waals surface area contributed by atoms with Crippen molar-refractivity contribution in [3.63, 3.8) is 0 Å². The molecule has 0 fully saturated rings. The van der Waals surface area contributed by atoms with Crippen molar-refractivity contribution >= 4 is 17.6 Å². The second-order valence-corrected chi connectivity index (χ2v) is 7.26. The van der Waals surface area contributed by atoms with Crippen molar-refractivity contribution in [2.24, 2.45) is 0 Å². The second-order valence-electron chi connectivity index (χ2n) is 7.26. The van der Waals surface area contributed by atoms with Gasteiger partial charge < -0.3 is 9.47 Å². The number of rotatable bonds is 11. The fraction of sp³-hybridized carbons (Fsp3) is 0.375. The maximum atomic E-state index is 12.9. The van der Waals surface area contributed by atoms with E-state index >= 15 is 0 Å². The molecule has 30 heavy (non-hydrogen) atoms. The van der Waals surface area contributed by atoms with E-state index in [1.807, 2.05) is 0 Å². The smallest absolute Gasteiger partial charge is 0.261 e. The molecule has 0 bridgehead atoms. The molecule has 0 atom stereocenters. The summed E-state index contributed by atoms with van der Waals surface area (Å²) in [6.45, 7) is 4.91. The first-order valence-electron chi connectivity index (χ1n) is 10.4. The first-order valence-corrected chi connectivity index (χ1v) is 10.4. The molecule has 0 N–H and O–H groups in total. The summed E-state index contributed by atoms with van der Waals surface area (Å²) in [5, 5.41) is 0. The molecule has 2 amide bonds. The lowest BCUT2D eigenvalue weighted by atomic mass is 10.1. The Morgan fingerprint density at radius 2 is 1.33 bits per heavy atom. The maximum absolute atomic E-state index is 12.9. The topological polar surface area (TPSA) is 72.9 Å². The van der Waals surface area contributed by atoms with Gasteiger partial charge in [-0.1, -0.05) is 38.8 Å². The summed E-state index contributed by atoms with van der Waals surface area (Å²) in [6, 6.07) is 11.7. The van der Waals surface area contributed by atoms with Crippen LogP contribution in [-0.2, 0) is 0 Å². The average Bonchev–Trinajstić information content (AvgIpc) is 2.99. The van der Waals surface area contributed by atoms with Crippen LogP contribution in [0.4, 0.5) is 0 Å². The van der Waals surface area contributed by atoms with Crippen LogP contribution in [-0.4, -0.2) is 42.3 Å². The average molecular weight is 409 g/mol. The maximum Gasteiger partial charge on any atom is 0.261 e. The molecule has 0 saturated carbocycles. The Morgan fingerprint density at radius 3 is 1.80 bits per heavy atom. The van der Waals surface area contributed by atoms with Crippen LogP contribution in [0, 0.1) is 0 Å². The highest BCUT2D eigenvalue weighted by molar-refractivity contribution is 6.23. The summed E-state index contributed by atoms with van der Waals surface area (Å²) in [4.78, 5) is 39.1. The van der Waals surface area contributed by atoms with Crippen molar-refractivity contribution in [1.29, 1.82) is 0 Å². The first kappa shape index (κ1) is 21.6. The molecule has 1 heterocycles. The van der Waals surface area contributed by atoms with Crippen molar-refractivity contribution in [3.8, 4) is 11.5 Å². The number of fused-ring (bicyclic) bond motifs is 1. The van der Waals surface area contributed by atoms with Crippen LogP contribution in [0.2, 0.25) is 0 Å². The number of carbonyl (C=O) groups excluding carboxylic acids is 3. The van der Waals surface area contributed by atoms with Crippen LogP contribution in [0.25, 0.3) is 0 Å². The Labute approximate surface area is 176 Å². The number of unbranched alkanes of at least 4 members (excludes halogenated alkanes) is 2. The highest BCUT2D eigenvalue weighted by Crippen LogP contribution is 2.26. The lowest BCUT2D eigenvalue weighted by molar-refractivity contribution is 0.0624. The minimum atomic E-state index is -0.446.